The molecule has 8 heteroatoms. The number of nitriles is 1. The molecule has 0 fully saturated rings. The van der Waals surface area contributed by atoms with Gasteiger partial charge in [0.25, 0.3) is 5.56 Å². The Morgan fingerprint density at radius 3 is 2.69 bits per heavy atom. The summed E-state index contributed by atoms with van der Waals surface area (Å²) in [4.78, 5) is 22.3. The summed E-state index contributed by atoms with van der Waals surface area (Å²) in [5.74, 6) is 0.157. The maximum absolute atomic E-state index is 13.3. The fourth-order valence-electron chi connectivity index (χ4n) is 3.44. The molecule has 5 rings (SSSR count). The van der Waals surface area contributed by atoms with Gasteiger partial charge in [0.15, 0.2) is 11.2 Å². The molecule has 0 radical (unpaired) electrons. The second-order valence-electron chi connectivity index (χ2n) is 6.62. The van der Waals surface area contributed by atoms with E-state index in [0.717, 1.165) is 5.56 Å². The van der Waals surface area contributed by atoms with Gasteiger partial charge in [0.1, 0.15) is 22.8 Å². The molecule has 29 heavy (non-hydrogen) atoms. The first-order valence-corrected chi connectivity index (χ1v) is 8.84. The predicted molar refractivity (Wildman–Crippen MR) is 108 cm³/mol. The average Bonchev–Trinajstić information content (AvgIpc) is 3.29. The molecule has 3 heterocycles. The smallest absolute Gasteiger partial charge is 0.285 e. The molecule has 140 valence electrons. The molecule has 3 aromatic heterocycles. The number of H-pyrrole nitrogens is 1. The van der Waals surface area contributed by atoms with Crippen molar-refractivity contribution in [3.63, 3.8) is 0 Å². The quantitative estimate of drug-likeness (QED) is 0.451. The van der Waals surface area contributed by atoms with Crippen LogP contribution >= 0.6 is 0 Å². The van der Waals surface area contributed by atoms with Crippen LogP contribution in [0, 0.1) is 18.3 Å². The molecule has 5 aromatic rings. The summed E-state index contributed by atoms with van der Waals surface area (Å²) < 4.78 is 7.03. The number of oxazole rings is 1. The molecule has 0 aliphatic heterocycles. The third kappa shape index (κ3) is 2.49. The van der Waals surface area contributed by atoms with E-state index >= 15 is 0 Å². The SMILES string of the molecule is Cc1nc2c(-c3ccccc3)c(C#N)[nH]n2c(=O)c1-c1nc2cc(N)ccc2o1. The maximum Gasteiger partial charge on any atom is 0.285 e. The van der Waals surface area contributed by atoms with Crippen LogP contribution in [0.1, 0.15) is 11.4 Å². The molecule has 2 aromatic carbocycles. The lowest BCUT2D eigenvalue weighted by Gasteiger charge is -2.03. The summed E-state index contributed by atoms with van der Waals surface area (Å²) in [7, 11) is 0. The number of hydrogen-bond acceptors (Lipinski definition) is 6. The first-order valence-electron chi connectivity index (χ1n) is 8.84. The zero-order valence-corrected chi connectivity index (χ0v) is 15.3. The van der Waals surface area contributed by atoms with Crippen molar-refractivity contribution in [2.45, 2.75) is 6.92 Å². The third-order valence-electron chi connectivity index (χ3n) is 4.76. The van der Waals surface area contributed by atoms with E-state index in [9.17, 15) is 10.1 Å². The molecule has 0 aliphatic rings. The summed E-state index contributed by atoms with van der Waals surface area (Å²) in [5.41, 5.74) is 9.70. The maximum atomic E-state index is 13.3. The molecule has 3 N–H and O–H groups in total. The van der Waals surface area contributed by atoms with Gasteiger partial charge < -0.3 is 10.2 Å². The summed E-state index contributed by atoms with van der Waals surface area (Å²) in [6.45, 7) is 1.72. The van der Waals surface area contributed by atoms with Crippen LogP contribution < -0.4 is 11.3 Å². The van der Waals surface area contributed by atoms with Gasteiger partial charge in [-0.1, -0.05) is 30.3 Å². The van der Waals surface area contributed by atoms with Crippen LogP contribution in [0.25, 0.3) is 39.3 Å². The van der Waals surface area contributed by atoms with Crippen molar-refractivity contribution in [3.05, 3.63) is 70.3 Å². The van der Waals surface area contributed by atoms with Crippen molar-refractivity contribution in [3.8, 4) is 28.7 Å². The number of nitrogen functional groups attached to an aromatic ring is 1. The first-order chi connectivity index (χ1) is 14.1. The number of aromatic amines is 1. The number of aromatic nitrogens is 4. The Morgan fingerprint density at radius 2 is 1.93 bits per heavy atom. The molecule has 0 amide bonds. The zero-order chi connectivity index (χ0) is 20.1. The number of nitrogens with zero attached hydrogens (tertiary/aromatic N) is 4. The fourth-order valence-corrected chi connectivity index (χ4v) is 3.44. The highest BCUT2D eigenvalue weighted by atomic mass is 16.3. The summed E-state index contributed by atoms with van der Waals surface area (Å²) >= 11 is 0. The number of fused-ring (bicyclic) bond motifs is 2. The highest BCUT2D eigenvalue weighted by Gasteiger charge is 2.22. The number of aryl methyl sites for hydroxylation is 1. The summed E-state index contributed by atoms with van der Waals surface area (Å²) in [6.07, 6.45) is 0. The monoisotopic (exact) mass is 382 g/mol. The van der Waals surface area contributed by atoms with Crippen LogP contribution in [-0.2, 0) is 0 Å². The molecular weight excluding hydrogens is 368 g/mol. The summed E-state index contributed by atoms with van der Waals surface area (Å²) in [6, 6.07) is 16.5. The van der Waals surface area contributed by atoms with E-state index in [1.165, 1.54) is 4.52 Å². The average molecular weight is 382 g/mol. The van der Waals surface area contributed by atoms with E-state index < -0.39 is 5.56 Å². The number of nitrogens with one attached hydrogen (secondary N) is 1. The molecule has 0 bridgehead atoms. The Morgan fingerprint density at radius 1 is 1.14 bits per heavy atom. The van der Waals surface area contributed by atoms with Crippen molar-refractivity contribution < 1.29 is 4.42 Å². The Labute approximate surface area is 163 Å². The van der Waals surface area contributed by atoms with E-state index in [1.54, 1.807) is 25.1 Å². The molecule has 0 spiro atoms. The number of benzene rings is 2. The minimum Gasteiger partial charge on any atom is -0.436 e. The standard InChI is InChI=1S/C21H14N6O2/c1-11-17(20-25-14-9-13(23)7-8-16(14)29-20)21(28)27-19(24-11)18(15(10-22)26-27)12-5-3-2-4-6-12/h2-9,26H,23H2,1H3. The fraction of sp³-hybridized carbons (Fsp3) is 0.0476. The lowest BCUT2D eigenvalue weighted by Crippen LogP contribution is -2.19. The van der Waals surface area contributed by atoms with Gasteiger partial charge in [-0.25, -0.2) is 9.97 Å². The van der Waals surface area contributed by atoms with Gasteiger partial charge in [0.05, 0.1) is 11.3 Å². The van der Waals surface area contributed by atoms with Crippen molar-refractivity contribution in [2.75, 3.05) is 5.73 Å². The molecule has 0 saturated carbocycles. The molecule has 0 atom stereocenters. The van der Waals surface area contributed by atoms with E-state index in [1.807, 2.05) is 30.3 Å². The molecular formula is C21H14N6O2. The minimum absolute atomic E-state index is 0.157. The normalized spacial score (nSPS) is 11.2. The van der Waals surface area contributed by atoms with E-state index in [4.69, 9.17) is 10.2 Å². The van der Waals surface area contributed by atoms with Crippen LogP contribution in [0.3, 0.4) is 0 Å². The second kappa shape index (κ2) is 6.07. The van der Waals surface area contributed by atoms with Gasteiger partial charge in [-0.2, -0.15) is 9.78 Å². The predicted octanol–water partition coefficient (Wildman–Crippen LogP) is 3.26. The molecule has 8 nitrogen and oxygen atoms in total. The van der Waals surface area contributed by atoms with Gasteiger partial charge in [0.2, 0.25) is 5.89 Å². The zero-order valence-electron chi connectivity index (χ0n) is 15.3. The van der Waals surface area contributed by atoms with Crippen LogP contribution in [0.15, 0.2) is 57.7 Å². The van der Waals surface area contributed by atoms with Crippen LogP contribution in [-0.4, -0.2) is 19.6 Å². The van der Waals surface area contributed by atoms with Crippen LogP contribution in [0.5, 0.6) is 0 Å². The Hall–Kier alpha value is -4.38. The van der Waals surface area contributed by atoms with E-state index in [2.05, 4.69) is 21.1 Å². The van der Waals surface area contributed by atoms with E-state index in [-0.39, 0.29) is 17.1 Å². The van der Waals surface area contributed by atoms with Gasteiger partial charge in [-0.3, -0.25) is 9.89 Å². The molecule has 0 unspecified atom stereocenters. The van der Waals surface area contributed by atoms with Gasteiger partial charge in [-0.15, -0.1) is 0 Å². The molecule has 0 aliphatic carbocycles. The van der Waals surface area contributed by atoms with Crippen LogP contribution in [0.2, 0.25) is 0 Å². The number of anilines is 1. The van der Waals surface area contributed by atoms with E-state index in [0.29, 0.717) is 33.7 Å². The first kappa shape index (κ1) is 16.8. The second-order valence-corrected chi connectivity index (χ2v) is 6.62. The minimum atomic E-state index is -0.397. The number of rotatable bonds is 2. The summed E-state index contributed by atoms with van der Waals surface area (Å²) in [5, 5.41) is 12.4. The lowest BCUT2D eigenvalue weighted by molar-refractivity contribution is 0.616. The lowest BCUT2D eigenvalue weighted by atomic mass is 10.1. The Balaban J connectivity index is 1.81. The Kier molecular flexibility index (Phi) is 3.51. The van der Waals surface area contributed by atoms with Crippen molar-refractivity contribution in [2.24, 2.45) is 0 Å². The van der Waals surface area contributed by atoms with Crippen molar-refractivity contribution in [1.29, 1.82) is 5.26 Å². The number of hydrogen-bond donors (Lipinski definition) is 2. The topological polar surface area (TPSA) is 126 Å². The van der Waals surface area contributed by atoms with Gasteiger partial charge >= 0.3 is 0 Å². The van der Waals surface area contributed by atoms with Gasteiger partial charge in [0, 0.05) is 5.69 Å². The highest BCUT2D eigenvalue weighted by Crippen LogP contribution is 2.29. The van der Waals surface area contributed by atoms with Crippen LogP contribution in [0.4, 0.5) is 5.69 Å². The van der Waals surface area contributed by atoms with Crippen molar-refractivity contribution in [1.82, 2.24) is 19.6 Å². The molecule has 0 saturated heterocycles. The largest absolute Gasteiger partial charge is 0.436 e. The van der Waals surface area contributed by atoms with Crippen molar-refractivity contribution >= 4 is 22.4 Å². The van der Waals surface area contributed by atoms with Gasteiger partial charge in [-0.05, 0) is 30.7 Å². The third-order valence-corrected chi connectivity index (χ3v) is 4.76. The Bertz CT molecular complexity index is 1500. The highest BCUT2D eigenvalue weighted by molar-refractivity contribution is 5.83. The number of nitrogens with two attached hydrogens (primary N) is 1.